The molecule has 5 nitrogen and oxygen atoms in total. The summed E-state index contributed by atoms with van der Waals surface area (Å²) in [6.45, 7) is 1.14. The molecular weight excluding hydrogens is 268 g/mol. The summed E-state index contributed by atoms with van der Waals surface area (Å²) >= 11 is 0. The Morgan fingerprint density at radius 2 is 2.00 bits per heavy atom. The van der Waals surface area contributed by atoms with Crippen LogP contribution in [0.1, 0.15) is 32.0 Å². The number of nitrogens with zero attached hydrogens (tertiary/aromatic N) is 2. The number of aryl methyl sites for hydroxylation is 1. The molecule has 1 amide bonds. The molecule has 0 saturated heterocycles. The zero-order chi connectivity index (χ0) is 15.0. The van der Waals surface area contributed by atoms with Gasteiger partial charge in [-0.05, 0) is 41.8 Å². The van der Waals surface area contributed by atoms with Crippen LogP contribution >= 0.6 is 0 Å². The van der Waals surface area contributed by atoms with Gasteiger partial charge < -0.3 is 14.6 Å². The van der Waals surface area contributed by atoms with Crippen LogP contribution in [-0.4, -0.2) is 33.0 Å². The van der Waals surface area contributed by atoms with Crippen LogP contribution in [0.15, 0.2) is 36.5 Å². The summed E-state index contributed by atoms with van der Waals surface area (Å²) < 4.78 is 1.81. The lowest BCUT2D eigenvalue weighted by atomic mass is 9.97. The predicted octanol–water partition coefficient (Wildman–Crippen LogP) is 1.92. The Kier molecular flexibility index (Phi) is 3.25. The van der Waals surface area contributed by atoms with Gasteiger partial charge in [-0.2, -0.15) is 0 Å². The lowest BCUT2D eigenvalue weighted by molar-refractivity contribution is 0.0690. The van der Waals surface area contributed by atoms with E-state index in [9.17, 15) is 9.59 Å². The van der Waals surface area contributed by atoms with Crippen molar-refractivity contribution in [2.75, 3.05) is 6.54 Å². The number of carbonyl (C=O) groups is 2. The molecule has 1 aromatic heterocycles. The molecule has 1 aliphatic rings. The minimum atomic E-state index is -0.917. The average molecular weight is 284 g/mol. The van der Waals surface area contributed by atoms with Gasteiger partial charge in [0, 0.05) is 26.3 Å². The highest BCUT2D eigenvalue weighted by atomic mass is 16.4. The summed E-state index contributed by atoms with van der Waals surface area (Å²) in [6, 6.07) is 8.78. The molecule has 21 heavy (non-hydrogen) atoms. The first kappa shape index (κ1) is 13.4. The molecule has 0 bridgehead atoms. The molecule has 0 atom stereocenters. The second kappa shape index (κ2) is 5.09. The van der Waals surface area contributed by atoms with Gasteiger partial charge in [0.1, 0.15) is 5.69 Å². The average Bonchev–Trinajstić information content (AvgIpc) is 2.91. The Morgan fingerprint density at radius 1 is 1.19 bits per heavy atom. The number of aromatic carboxylic acids is 1. The first-order valence-corrected chi connectivity index (χ1v) is 6.82. The molecule has 1 aliphatic heterocycles. The summed E-state index contributed by atoms with van der Waals surface area (Å²) in [4.78, 5) is 25.3. The zero-order valence-corrected chi connectivity index (χ0v) is 11.7. The number of fused-ring (bicyclic) bond motifs is 1. The van der Waals surface area contributed by atoms with Crippen molar-refractivity contribution in [1.82, 2.24) is 9.47 Å². The maximum Gasteiger partial charge on any atom is 0.335 e. The van der Waals surface area contributed by atoms with Crippen LogP contribution in [0.5, 0.6) is 0 Å². The third-order valence-corrected chi connectivity index (χ3v) is 3.92. The van der Waals surface area contributed by atoms with Crippen LogP contribution in [-0.2, 0) is 20.0 Å². The summed E-state index contributed by atoms with van der Waals surface area (Å²) in [5.41, 5.74) is 3.01. The molecule has 2 aromatic rings. The van der Waals surface area contributed by atoms with E-state index in [0.717, 1.165) is 11.1 Å². The van der Waals surface area contributed by atoms with Gasteiger partial charge >= 0.3 is 5.97 Å². The Bertz CT molecular complexity index is 718. The molecule has 5 heteroatoms. The minimum Gasteiger partial charge on any atom is -0.478 e. The van der Waals surface area contributed by atoms with Gasteiger partial charge in [0.25, 0.3) is 5.91 Å². The van der Waals surface area contributed by atoms with Gasteiger partial charge in [0.15, 0.2) is 0 Å². The van der Waals surface area contributed by atoms with E-state index in [2.05, 4.69) is 0 Å². The van der Waals surface area contributed by atoms with Crippen LogP contribution in [0.2, 0.25) is 0 Å². The monoisotopic (exact) mass is 284 g/mol. The molecule has 2 heterocycles. The summed E-state index contributed by atoms with van der Waals surface area (Å²) in [7, 11) is 1.85. The highest BCUT2D eigenvalue weighted by Crippen LogP contribution is 2.22. The molecule has 0 spiro atoms. The third-order valence-electron chi connectivity index (χ3n) is 3.92. The van der Waals surface area contributed by atoms with Gasteiger partial charge in [0.2, 0.25) is 0 Å². The van der Waals surface area contributed by atoms with Crippen LogP contribution in [0.4, 0.5) is 0 Å². The van der Waals surface area contributed by atoms with E-state index in [1.165, 1.54) is 0 Å². The van der Waals surface area contributed by atoms with Crippen LogP contribution in [0, 0.1) is 0 Å². The van der Waals surface area contributed by atoms with Gasteiger partial charge in [-0.1, -0.05) is 6.07 Å². The van der Waals surface area contributed by atoms with E-state index in [0.29, 0.717) is 30.8 Å². The Hall–Kier alpha value is -2.56. The molecule has 0 aliphatic carbocycles. The van der Waals surface area contributed by atoms with Crippen LogP contribution in [0.3, 0.4) is 0 Å². The van der Waals surface area contributed by atoms with Crippen molar-refractivity contribution in [3.05, 3.63) is 58.9 Å². The van der Waals surface area contributed by atoms with Gasteiger partial charge in [-0.15, -0.1) is 0 Å². The zero-order valence-electron chi connectivity index (χ0n) is 11.7. The molecular formula is C16H16N2O3. The van der Waals surface area contributed by atoms with Crippen molar-refractivity contribution in [3.63, 3.8) is 0 Å². The van der Waals surface area contributed by atoms with Gasteiger partial charge in [0.05, 0.1) is 5.56 Å². The number of aromatic nitrogens is 1. The van der Waals surface area contributed by atoms with E-state index >= 15 is 0 Å². The minimum absolute atomic E-state index is 0.00969. The van der Waals surface area contributed by atoms with Gasteiger partial charge in [-0.3, -0.25) is 4.79 Å². The number of hydrogen-bond acceptors (Lipinski definition) is 2. The van der Waals surface area contributed by atoms with Crippen molar-refractivity contribution >= 4 is 11.9 Å². The van der Waals surface area contributed by atoms with Crippen LogP contribution < -0.4 is 0 Å². The lowest BCUT2D eigenvalue weighted by Gasteiger charge is -2.29. The Morgan fingerprint density at radius 3 is 2.67 bits per heavy atom. The number of carbonyl (C=O) groups excluding carboxylic acids is 1. The van der Waals surface area contributed by atoms with E-state index in [-0.39, 0.29) is 5.91 Å². The first-order valence-electron chi connectivity index (χ1n) is 6.82. The fourth-order valence-electron chi connectivity index (χ4n) is 2.70. The van der Waals surface area contributed by atoms with Crippen molar-refractivity contribution in [2.45, 2.75) is 13.0 Å². The number of amides is 1. The molecule has 1 aromatic carbocycles. The van der Waals surface area contributed by atoms with Crippen molar-refractivity contribution in [3.8, 4) is 0 Å². The normalized spacial score (nSPS) is 13.9. The van der Waals surface area contributed by atoms with E-state index in [1.54, 1.807) is 17.0 Å². The number of carboxylic acids is 1. The second-order valence-electron chi connectivity index (χ2n) is 5.27. The maximum absolute atomic E-state index is 12.5. The topological polar surface area (TPSA) is 62.5 Å². The van der Waals surface area contributed by atoms with Crippen molar-refractivity contribution in [2.24, 2.45) is 7.05 Å². The second-order valence-corrected chi connectivity index (χ2v) is 5.27. The fraction of sp³-hybridized carbons (Fsp3) is 0.250. The summed E-state index contributed by atoms with van der Waals surface area (Å²) in [5, 5.41) is 9.01. The Balaban J connectivity index is 1.83. The van der Waals surface area contributed by atoms with E-state index < -0.39 is 5.97 Å². The molecule has 1 N–H and O–H groups in total. The predicted molar refractivity (Wildman–Crippen MR) is 77.3 cm³/mol. The number of benzene rings is 1. The lowest BCUT2D eigenvalue weighted by Crippen LogP contribution is -2.36. The molecule has 0 fully saturated rings. The van der Waals surface area contributed by atoms with Gasteiger partial charge in [-0.25, -0.2) is 4.79 Å². The third kappa shape index (κ3) is 2.42. The van der Waals surface area contributed by atoms with E-state index in [4.69, 9.17) is 5.11 Å². The number of carboxylic acid groups (broad SMARTS) is 1. The SMILES string of the molecule is Cn1cccc1C(=O)N1CCc2cc(C(=O)O)ccc2C1. The molecule has 108 valence electrons. The highest BCUT2D eigenvalue weighted by molar-refractivity contribution is 5.93. The molecule has 0 unspecified atom stereocenters. The van der Waals surface area contributed by atoms with E-state index in [1.807, 2.05) is 36.0 Å². The standard InChI is InChI=1S/C16H16N2O3/c1-17-7-2-3-14(17)15(19)18-8-6-11-9-12(16(20)21)4-5-13(11)10-18/h2-5,7,9H,6,8,10H2,1H3,(H,20,21). The molecule has 0 saturated carbocycles. The first-order chi connectivity index (χ1) is 10.1. The summed E-state index contributed by atoms with van der Waals surface area (Å²) in [5.74, 6) is -0.907. The van der Waals surface area contributed by atoms with Crippen molar-refractivity contribution < 1.29 is 14.7 Å². The van der Waals surface area contributed by atoms with Crippen molar-refractivity contribution in [1.29, 1.82) is 0 Å². The largest absolute Gasteiger partial charge is 0.478 e. The highest BCUT2D eigenvalue weighted by Gasteiger charge is 2.23. The summed E-state index contributed by atoms with van der Waals surface area (Å²) in [6.07, 6.45) is 2.54. The maximum atomic E-state index is 12.5. The quantitative estimate of drug-likeness (QED) is 0.916. The Labute approximate surface area is 122 Å². The fourth-order valence-corrected chi connectivity index (χ4v) is 2.70. The smallest absolute Gasteiger partial charge is 0.335 e. The number of rotatable bonds is 2. The molecule has 3 rings (SSSR count). The van der Waals surface area contributed by atoms with Crippen LogP contribution in [0.25, 0.3) is 0 Å². The number of hydrogen-bond donors (Lipinski definition) is 1. The molecule has 0 radical (unpaired) electrons.